The molecule has 2 nitrogen and oxygen atoms in total. The molecule has 97 valence electrons. The van der Waals surface area contributed by atoms with Gasteiger partial charge in [-0.25, -0.2) is 0 Å². The monoisotopic (exact) mass is 277 g/mol. The summed E-state index contributed by atoms with van der Waals surface area (Å²) in [4.78, 5) is 9.56. The molecule has 3 heteroatoms. The summed E-state index contributed by atoms with van der Waals surface area (Å²) in [7, 11) is 0. The first kappa shape index (κ1) is 12.9. The summed E-state index contributed by atoms with van der Waals surface area (Å²) in [5.74, 6) is 0.943. The van der Waals surface area contributed by atoms with Gasteiger partial charge in [-0.1, -0.05) is 48.5 Å². The molecule has 0 aliphatic carbocycles. The molecule has 3 aromatic rings. The number of hydrogen-bond donors (Lipinski definition) is 0. The van der Waals surface area contributed by atoms with Crippen molar-refractivity contribution in [3.05, 3.63) is 78.8 Å². The van der Waals surface area contributed by atoms with Crippen LogP contribution in [0.5, 0.6) is 0 Å². The van der Waals surface area contributed by atoms with Gasteiger partial charge in [0, 0.05) is 28.6 Å². The molecule has 0 saturated carbocycles. The molecule has 0 spiro atoms. The van der Waals surface area contributed by atoms with E-state index in [1.165, 1.54) is 10.5 Å². The van der Waals surface area contributed by atoms with Gasteiger partial charge in [0.05, 0.1) is 5.69 Å². The molecule has 0 aliphatic rings. The van der Waals surface area contributed by atoms with Crippen LogP contribution < -0.4 is 0 Å². The van der Waals surface area contributed by atoms with Crippen molar-refractivity contribution in [2.24, 2.45) is 0 Å². The molecule has 1 aromatic heterocycles. The Labute approximate surface area is 122 Å². The molecule has 20 heavy (non-hydrogen) atoms. The van der Waals surface area contributed by atoms with Crippen molar-refractivity contribution in [3.8, 4) is 11.3 Å². The van der Waals surface area contributed by atoms with E-state index in [1.54, 1.807) is 12.4 Å². The van der Waals surface area contributed by atoms with E-state index in [0.717, 1.165) is 17.0 Å². The van der Waals surface area contributed by atoms with Gasteiger partial charge in [-0.2, -0.15) is 0 Å². The third-order valence-electron chi connectivity index (χ3n) is 2.89. The zero-order chi connectivity index (χ0) is 13.6. The van der Waals surface area contributed by atoms with Gasteiger partial charge in [-0.05, 0) is 11.6 Å². The van der Waals surface area contributed by atoms with E-state index in [0.29, 0.717) is 0 Å². The Morgan fingerprint density at radius 2 is 1.70 bits per heavy atom. The first-order valence-electron chi connectivity index (χ1n) is 6.38. The van der Waals surface area contributed by atoms with E-state index < -0.39 is 0 Å². The fraction of sp³-hybridized carbons (Fsp3) is 0.0588. The zero-order valence-corrected chi connectivity index (χ0v) is 11.7. The van der Waals surface area contributed by atoms with Gasteiger partial charge in [-0.3, -0.25) is 9.97 Å². The van der Waals surface area contributed by atoms with Crippen LogP contribution >= 0.6 is 11.8 Å². The van der Waals surface area contributed by atoms with Crippen LogP contribution in [-0.2, 0) is 5.75 Å². The minimum Gasteiger partial charge on any atom is -0.252 e. The van der Waals surface area contributed by atoms with Crippen LogP contribution in [0.4, 0.5) is 0 Å². The summed E-state index contributed by atoms with van der Waals surface area (Å²) in [6, 6.07) is 18.7. The third-order valence-corrected chi connectivity index (χ3v) is 4.04. The Hall–Kier alpha value is -2.13. The van der Waals surface area contributed by atoms with Crippen LogP contribution in [0.2, 0.25) is 0 Å². The van der Waals surface area contributed by atoms with E-state index in [-0.39, 0.29) is 0 Å². The van der Waals surface area contributed by atoms with Crippen molar-refractivity contribution >= 4 is 11.8 Å². The summed E-state index contributed by atoms with van der Waals surface area (Å²) >= 11 is 1.81. The minimum atomic E-state index is 0.795. The summed E-state index contributed by atoms with van der Waals surface area (Å²) in [5, 5.41) is 0. The molecule has 1 heterocycles. The maximum absolute atomic E-state index is 4.33. The Morgan fingerprint density at radius 3 is 2.50 bits per heavy atom. The highest BCUT2D eigenvalue weighted by Gasteiger charge is 2.06. The Balaban J connectivity index is 1.84. The summed E-state index contributed by atoms with van der Waals surface area (Å²) in [6.45, 7) is 0. The van der Waals surface area contributed by atoms with Crippen LogP contribution in [0, 0.1) is 6.20 Å². The standard InChI is InChI=1S/C17H13N2S/c1-2-6-14(7-3-1)13-20-17-9-5-4-8-15(17)16-12-18-10-11-19-16/h1-11H,13H2. The summed E-state index contributed by atoms with van der Waals surface area (Å²) < 4.78 is 0. The van der Waals surface area contributed by atoms with Crippen molar-refractivity contribution in [2.75, 3.05) is 0 Å². The van der Waals surface area contributed by atoms with Crippen LogP contribution in [0.15, 0.2) is 71.9 Å². The van der Waals surface area contributed by atoms with Crippen molar-refractivity contribution in [1.82, 2.24) is 9.97 Å². The van der Waals surface area contributed by atoms with Gasteiger partial charge in [-0.15, -0.1) is 11.8 Å². The minimum absolute atomic E-state index is 0.795. The second-order valence-corrected chi connectivity index (χ2v) is 5.30. The second kappa shape index (κ2) is 6.35. The lowest BCUT2D eigenvalue weighted by Crippen LogP contribution is -1.88. The highest BCUT2D eigenvalue weighted by atomic mass is 32.2. The van der Waals surface area contributed by atoms with E-state index >= 15 is 0 Å². The number of hydrogen-bond acceptors (Lipinski definition) is 3. The maximum atomic E-state index is 4.33. The number of rotatable bonds is 4. The highest BCUT2D eigenvalue weighted by molar-refractivity contribution is 7.98. The average molecular weight is 277 g/mol. The number of benzene rings is 2. The predicted octanol–water partition coefficient (Wildman–Crippen LogP) is 4.24. The third kappa shape index (κ3) is 3.06. The van der Waals surface area contributed by atoms with Crippen molar-refractivity contribution < 1.29 is 0 Å². The van der Waals surface area contributed by atoms with Crippen molar-refractivity contribution in [2.45, 2.75) is 10.6 Å². The van der Waals surface area contributed by atoms with Gasteiger partial charge in [0.1, 0.15) is 6.20 Å². The van der Waals surface area contributed by atoms with Crippen molar-refractivity contribution in [3.63, 3.8) is 0 Å². The topological polar surface area (TPSA) is 25.8 Å². The van der Waals surface area contributed by atoms with Gasteiger partial charge >= 0.3 is 0 Å². The molecule has 1 radical (unpaired) electrons. The normalized spacial score (nSPS) is 10.4. The second-order valence-electron chi connectivity index (χ2n) is 4.29. The van der Waals surface area contributed by atoms with Gasteiger partial charge in [0.2, 0.25) is 0 Å². The Morgan fingerprint density at radius 1 is 0.900 bits per heavy atom. The lowest BCUT2D eigenvalue weighted by Gasteiger charge is -2.08. The molecular formula is C17H13N2S. The van der Waals surface area contributed by atoms with E-state index in [2.05, 4.69) is 52.6 Å². The van der Waals surface area contributed by atoms with Crippen LogP contribution in [-0.4, -0.2) is 9.97 Å². The number of thioether (sulfide) groups is 1. The van der Waals surface area contributed by atoms with Gasteiger partial charge < -0.3 is 0 Å². The fourth-order valence-corrected chi connectivity index (χ4v) is 2.93. The Kier molecular flexibility index (Phi) is 4.09. The molecule has 0 bridgehead atoms. The number of nitrogens with zero attached hydrogens (tertiary/aromatic N) is 2. The molecule has 0 N–H and O–H groups in total. The molecule has 0 unspecified atom stereocenters. The first-order valence-corrected chi connectivity index (χ1v) is 7.37. The molecule has 0 aliphatic heterocycles. The largest absolute Gasteiger partial charge is 0.252 e. The fourth-order valence-electron chi connectivity index (χ4n) is 1.92. The molecule has 3 rings (SSSR count). The molecular weight excluding hydrogens is 264 g/mol. The molecule has 0 saturated heterocycles. The molecule has 0 fully saturated rings. The Bertz CT molecular complexity index is 669. The average Bonchev–Trinajstić information content (AvgIpc) is 2.55. The summed E-state index contributed by atoms with van der Waals surface area (Å²) in [5.41, 5.74) is 3.20. The van der Waals surface area contributed by atoms with Crippen molar-refractivity contribution in [1.29, 1.82) is 0 Å². The lowest BCUT2D eigenvalue weighted by molar-refractivity contribution is 1.18. The van der Waals surface area contributed by atoms with Crippen LogP contribution in [0.1, 0.15) is 5.56 Å². The maximum Gasteiger partial charge on any atom is 0.117 e. The lowest BCUT2D eigenvalue weighted by atomic mass is 10.2. The zero-order valence-electron chi connectivity index (χ0n) is 10.9. The summed E-state index contributed by atoms with van der Waals surface area (Å²) in [6.07, 6.45) is 6.29. The van der Waals surface area contributed by atoms with Gasteiger partial charge in [0.25, 0.3) is 0 Å². The smallest absolute Gasteiger partial charge is 0.117 e. The predicted molar refractivity (Wildman–Crippen MR) is 82.3 cm³/mol. The highest BCUT2D eigenvalue weighted by Crippen LogP contribution is 2.31. The van der Waals surface area contributed by atoms with E-state index in [9.17, 15) is 0 Å². The van der Waals surface area contributed by atoms with Crippen LogP contribution in [0.25, 0.3) is 11.3 Å². The van der Waals surface area contributed by atoms with Crippen LogP contribution in [0.3, 0.4) is 0 Å². The van der Waals surface area contributed by atoms with E-state index in [4.69, 9.17) is 0 Å². The molecule has 0 amide bonds. The molecule has 2 aromatic carbocycles. The van der Waals surface area contributed by atoms with Gasteiger partial charge in [0.15, 0.2) is 0 Å². The first-order chi connectivity index (χ1) is 9.93. The van der Waals surface area contributed by atoms with E-state index in [1.807, 2.05) is 30.0 Å². The number of aromatic nitrogens is 2. The quantitative estimate of drug-likeness (QED) is 0.667. The SMILES string of the molecule is [c]1nccnc1-c1ccccc1SCc1ccccc1. The molecule has 0 atom stereocenters.